The summed E-state index contributed by atoms with van der Waals surface area (Å²) in [5.74, 6) is -0.980. The number of halogens is 1. The number of rotatable bonds is 6. The summed E-state index contributed by atoms with van der Waals surface area (Å²) in [6, 6.07) is 14.4. The molecule has 11 heteroatoms. The Labute approximate surface area is 221 Å². The first-order valence-electron chi connectivity index (χ1n) is 11.4. The van der Waals surface area contributed by atoms with Crippen molar-refractivity contribution in [2.75, 3.05) is 18.3 Å². The summed E-state index contributed by atoms with van der Waals surface area (Å²) in [5.41, 5.74) is 0.628. The van der Waals surface area contributed by atoms with Crippen LogP contribution in [0.1, 0.15) is 22.8 Å². The minimum absolute atomic E-state index is 0.0748. The fraction of sp³-hybridized carbons (Fsp3) is 0.111. The average molecular weight is 535 g/mol. The molecule has 4 amide bonds. The van der Waals surface area contributed by atoms with Crippen LogP contribution >= 0.6 is 11.6 Å². The predicted octanol–water partition coefficient (Wildman–Crippen LogP) is 4.35. The number of hydrogen-bond acceptors (Lipinski definition) is 8. The Morgan fingerprint density at radius 3 is 2.53 bits per heavy atom. The van der Waals surface area contributed by atoms with E-state index in [4.69, 9.17) is 30.5 Å². The SMILES string of the molecule is CCOc1cc(/C=C2\C(=O)NC(=O)N(c3ccc(Cl)cc3)C2=O)ccc1OC(=O)c1ccc2c(c1)OCO2. The molecule has 3 aromatic carbocycles. The van der Waals surface area contributed by atoms with E-state index in [9.17, 15) is 19.2 Å². The maximum absolute atomic E-state index is 13.1. The van der Waals surface area contributed by atoms with Gasteiger partial charge in [0.1, 0.15) is 5.57 Å². The fourth-order valence-corrected chi connectivity index (χ4v) is 3.92. The molecule has 0 aromatic heterocycles. The zero-order valence-corrected chi connectivity index (χ0v) is 20.6. The lowest BCUT2D eigenvalue weighted by Crippen LogP contribution is -2.54. The molecule has 192 valence electrons. The summed E-state index contributed by atoms with van der Waals surface area (Å²) in [6.45, 7) is 2.08. The number of benzene rings is 3. The van der Waals surface area contributed by atoms with E-state index in [1.807, 2.05) is 0 Å². The summed E-state index contributed by atoms with van der Waals surface area (Å²) in [6.07, 6.45) is 1.32. The van der Waals surface area contributed by atoms with Gasteiger partial charge < -0.3 is 18.9 Å². The molecule has 0 radical (unpaired) electrons. The first-order chi connectivity index (χ1) is 18.3. The molecule has 0 saturated carbocycles. The third kappa shape index (κ3) is 4.89. The standard InChI is InChI=1S/C27H19ClN2O8/c1-2-35-22-12-15(3-9-21(22)38-26(33)16-4-10-20-23(13-16)37-14-36-20)11-19-24(31)29-27(34)30(25(19)32)18-7-5-17(28)6-8-18/h3-13H,2,14H2,1H3,(H,29,31,34)/b19-11+. The van der Waals surface area contributed by atoms with Crippen molar-refractivity contribution in [3.63, 3.8) is 0 Å². The van der Waals surface area contributed by atoms with Crippen molar-refractivity contribution in [3.8, 4) is 23.0 Å². The van der Waals surface area contributed by atoms with Crippen LogP contribution in [0, 0.1) is 0 Å². The summed E-state index contributed by atoms with van der Waals surface area (Å²) in [7, 11) is 0. The fourth-order valence-electron chi connectivity index (χ4n) is 3.80. The zero-order valence-electron chi connectivity index (χ0n) is 19.9. The highest BCUT2D eigenvalue weighted by Gasteiger charge is 2.36. The summed E-state index contributed by atoms with van der Waals surface area (Å²) in [5, 5.41) is 2.59. The molecule has 0 bridgehead atoms. The maximum atomic E-state index is 13.1. The van der Waals surface area contributed by atoms with Gasteiger partial charge in [0.2, 0.25) is 6.79 Å². The number of urea groups is 1. The number of hydrogen-bond donors (Lipinski definition) is 1. The van der Waals surface area contributed by atoms with Gasteiger partial charge in [0.05, 0.1) is 17.9 Å². The molecule has 1 fully saturated rings. The smallest absolute Gasteiger partial charge is 0.343 e. The number of anilines is 1. The second-order valence-electron chi connectivity index (χ2n) is 8.03. The average Bonchev–Trinajstić information content (AvgIpc) is 3.37. The molecule has 0 spiro atoms. The van der Waals surface area contributed by atoms with Gasteiger partial charge in [0.25, 0.3) is 11.8 Å². The molecule has 2 aliphatic rings. The summed E-state index contributed by atoms with van der Waals surface area (Å²) in [4.78, 5) is 51.6. The number of carbonyl (C=O) groups excluding carboxylic acids is 4. The Morgan fingerprint density at radius 1 is 1.00 bits per heavy atom. The first kappa shape index (κ1) is 24.8. The van der Waals surface area contributed by atoms with Gasteiger partial charge in [0, 0.05) is 5.02 Å². The number of carbonyl (C=O) groups is 4. The number of ether oxygens (including phenoxy) is 4. The minimum atomic E-state index is -0.875. The van der Waals surface area contributed by atoms with Crippen LogP contribution in [0.3, 0.4) is 0 Å². The van der Waals surface area contributed by atoms with Crippen molar-refractivity contribution in [2.24, 2.45) is 0 Å². The van der Waals surface area contributed by atoms with Gasteiger partial charge in [-0.1, -0.05) is 17.7 Å². The van der Waals surface area contributed by atoms with E-state index in [1.165, 1.54) is 48.5 Å². The molecule has 3 aromatic rings. The molecule has 5 rings (SSSR count). The highest BCUT2D eigenvalue weighted by Crippen LogP contribution is 2.34. The van der Waals surface area contributed by atoms with Crippen molar-refractivity contribution in [1.29, 1.82) is 0 Å². The van der Waals surface area contributed by atoms with Gasteiger partial charge in [-0.15, -0.1) is 0 Å². The predicted molar refractivity (Wildman–Crippen MR) is 136 cm³/mol. The van der Waals surface area contributed by atoms with Crippen molar-refractivity contribution in [3.05, 3.63) is 82.4 Å². The van der Waals surface area contributed by atoms with E-state index in [0.717, 1.165) is 4.90 Å². The highest BCUT2D eigenvalue weighted by molar-refractivity contribution is 6.39. The monoisotopic (exact) mass is 534 g/mol. The summed E-state index contributed by atoms with van der Waals surface area (Å²) < 4.78 is 21.7. The molecule has 2 heterocycles. The van der Waals surface area contributed by atoms with Crippen molar-refractivity contribution in [1.82, 2.24) is 5.32 Å². The van der Waals surface area contributed by atoms with Crippen LogP contribution in [0.5, 0.6) is 23.0 Å². The molecular formula is C27H19ClN2O8. The molecule has 10 nitrogen and oxygen atoms in total. The van der Waals surface area contributed by atoms with Crippen LogP contribution in [0.4, 0.5) is 10.5 Å². The Hall–Kier alpha value is -4.83. The van der Waals surface area contributed by atoms with E-state index in [0.29, 0.717) is 22.1 Å². The Kier molecular flexibility index (Phi) is 6.71. The van der Waals surface area contributed by atoms with Crippen molar-refractivity contribution < 1.29 is 38.1 Å². The third-order valence-corrected chi connectivity index (χ3v) is 5.83. The number of nitrogens with zero attached hydrogens (tertiary/aromatic N) is 1. The van der Waals surface area contributed by atoms with E-state index >= 15 is 0 Å². The molecular weight excluding hydrogens is 516 g/mol. The first-order valence-corrected chi connectivity index (χ1v) is 11.8. The van der Waals surface area contributed by atoms with E-state index in [-0.39, 0.29) is 41.7 Å². The van der Waals surface area contributed by atoms with Crippen molar-refractivity contribution in [2.45, 2.75) is 6.92 Å². The molecule has 0 aliphatic carbocycles. The number of amides is 4. The molecule has 2 aliphatic heterocycles. The van der Waals surface area contributed by atoms with Gasteiger partial charge in [-0.3, -0.25) is 14.9 Å². The van der Waals surface area contributed by atoms with Crippen LogP contribution in [0.25, 0.3) is 6.08 Å². The van der Waals surface area contributed by atoms with E-state index < -0.39 is 23.8 Å². The second-order valence-corrected chi connectivity index (χ2v) is 8.47. The topological polar surface area (TPSA) is 120 Å². The van der Waals surface area contributed by atoms with Crippen molar-refractivity contribution >= 4 is 47.2 Å². The molecule has 0 atom stereocenters. The Balaban J connectivity index is 1.41. The van der Waals surface area contributed by atoms with Crippen LogP contribution < -0.4 is 29.2 Å². The number of imide groups is 2. The Morgan fingerprint density at radius 2 is 1.76 bits per heavy atom. The number of barbiturate groups is 1. The maximum Gasteiger partial charge on any atom is 0.343 e. The van der Waals surface area contributed by atoms with E-state index in [1.54, 1.807) is 25.1 Å². The normalized spacial score (nSPS) is 15.5. The molecule has 38 heavy (non-hydrogen) atoms. The Bertz CT molecular complexity index is 1500. The van der Waals surface area contributed by atoms with Gasteiger partial charge in [-0.25, -0.2) is 14.5 Å². The zero-order chi connectivity index (χ0) is 26.8. The second kappa shape index (κ2) is 10.3. The lowest BCUT2D eigenvalue weighted by atomic mass is 10.1. The number of esters is 1. The van der Waals surface area contributed by atoms with Gasteiger partial charge in [-0.05, 0) is 73.2 Å². The van der Waals surface area contributed by atoms with Gasteiger partial charge in [-0.2, -0.15) is 0 Å². The lowest BCUT2D eigenvalue weighted by molar-refractivity contribution is -0.122. The number of nitrogens with one attached hydrogen (secondary N) is 1. The highest BCUT2D eigenvalue weighted by atomic mass is 35.5. The largest absolute Gasteiger partial charge is 0.490 e. The van der Waals surface area contributed by atoms with Gasteiger partial charge in [0.15, 0.2) is 23.0 Å². The molecule has 0 unspecified atom stereocenters. The molecule has 1 N–H and O–H groups in total. The van der Waals surface area contributed by atoms with Gasteiger partial charge >= 0.3 is 12.0 Å². The van der Waals surface area contributed by atoms with Crippen LogP contribution in [0.2, 0.25) is 5.02 Å². The molecule has 1 saturated heterocycles. The third-order valence-electron chi connectivity index (χ3n) is 5.58. The minimum Gasteiger partial charge on any atom is -0.490 e. The lowest BCUT2D eigenvalue weighted by Gasteiger charge is -2.26. The summed E-state index contributed by atoms with van der Waals surface area (Å²) >= 11 is 5.90. The van der Waals surface area contributed by atoms with Crippen LogP contribution in [-0.4, -0.2) is 37.2 Å². The number of fused-ring (bicyclic) bond motifs is 1. The van der Waals surface area contributed by atoms with E-state index in [2.05, 4.69) is 5.32 Å². The quantitative estimate of drug-likeness (QED) is 0.214. The van der Waals surface area contributed by atoms with Crippen LogP contribution in [0.15, 0.2) is 66.2 Å². The van der Waals surface area contributed by atoms with Crippen LogP contribution in [-0.2, 0) is 9.59 Å².